The third kappa shape index (κ3) is 4.18. The number of carbonyl (C=O) groups excluding carboxylic acids is 1. The fourth-order valence-corrected chi connectivity index (χ4v) is 1.45. The van der Waals surface area contributed by atoms with Crippen molar-refractivity contribution in [3.63, 3.8) is 0 Å². The van der Waals surface area contributed by atoms with Crippen LogP contribution in [0.5, 0.6) is 11.5 Å². The number of ether oxygens (including phenoxy) is 3. The maximum atomic E-state index is 11.3. The third-order valence-electron chi connectivity index (χ3n) is 2.47. The molecule has 1 unspecified atom stereocenters. The summed E-state index contributed by atoms with van der Waals surface area (Å²) >= 11 is 0. The minimum Gasteiger partial charge on any atom is -0.490 e. The van der Waals surface area contributed by atoms with Gasteiger partial charge in [0.05, 0.1) is 31.3 Å². The number of rotatable bonds is 6. The van der Waals surface area contributed by atoms with Crippen molar-refractivity contribution in [2.75, 3.05) is 20.3 Å². The molecule has 1 rings (SSSR count). The van der Waals surface area contributed by atoms with E-state index in [1.54, 1.807) is 25.1 Å². The minimum atomic E-state index is -0.366. The van der Waals surface area contributed by atoms with E-state index in [-0.39, 0.29) is 18.5 Å². The maximum Gasteiger partial charge on any atom is 0.311 e. The average molecular weight is 263 g/mol. The lowest BCUT2D eigenvalue weighted by molar-refractivity contribution is -0.145. The predicted molar refractivity (Wildman–Crippen MR) is 69.0 cm³/mol. The van der Waals surface area contributed by atoms with Crippen LogP contribution in [0, 0.1) is 17.2 Å². The number of hydrogen-bond donors (Lipinski definition) is 0. The largest absolute Gasteiger partial charge is 0.490 e. The summed E-state index contributed by atoms with van der Waals surface area (Å²) in [4.78, 5) is 11.3. The maximum absolute atomic E-state index is 11.3. The van der Waals surface area contributed by atoms with Gasteiger partial charge in [-0.15, -0.1) is 0 Å². The van der Waals surface area contributed by atoms with E-state index in [0.717, 1.165) is 0 Å². The van der Waals surface area contributed by atoms with E-state index in [2.05, 4.69) is 4.74 Å². The molecule has 0 saturated carbocycles. The van der Waals surface area contributed by atoms with E-state index in [4.69, 9.17) is 14.7 Å². The molecular formula is C14H17NO4. The van der Waals surface area contributed by atoms with Crippen LogP contribution in [-0.4, -0.2) is 26.3 Å². The first-order valence-electron chi connectivity index (χ1n) is 6.00. The summed E-state index contributed by atoms with van der Waals surface area (Å²) in [7, 11) is 1.34. The van der Waals surface area contributed by atoms with Gasteiger partial charge < -0.3 is 14.2 Å². The van der Waals surface area contributed by atoms with E-state index in [1.165, 1.54) is 7.11 Å². The van der Waals surface area contributed by atoms with Crippen molar-refractivity contribution in [1.29, 1.82) is 5.26 Å². The zero-order valence-corrected chi connectivity index (χ0v) is 11.3. The molecule has 102 valence electrons. The molecule has 0 heterocycles. The third-order valence-corrected chi connectivity index (χ3v) is 2.47. The summed E-state index contributed by atoms with van der Waals surface area (Å²) in [6.07, 6.45) is 0. The van der Waals surface area contributed by atoms with Gasteiger partial charge in [0.1, 0.15) is 6.61 Å². The Morgan fingerprint density at radius 3 is 2.68 bits per heavy atom. The molecular weight excluding hydrogens is 246 g/mol. The highest BCUT2D eigenvalue weighted by molar-refractivity contribution is 5.71. The van der Waals surface area contributed by atoms with Crippen LogP contribution in [-0.2, 0) is 9.53 Å². The molecule has 0 aliphatic rings. The highest BCUT2D eigenvalue weighted by Crippen LogP contribution is 2.28. The smallest absolute Gasteiger partial charge is 0.311 e. The van der Waals surface area contributed by atoms with Crippen molar-refractivity contribution >= 4 is 5.97 Å². The average Bonchev–Trinajstić information content (AvgIpc) is 2.44. The molecule has 0 N–H and O–H groups in total. The number of methoxy groups -OCH3 is 1. The van der Waals surface area contributed by atoms with Crippen molar-refractivity contribution in [2.24, 2.45) is 5.92 Å². The van der Waals surface area contributed by atoms with Gasteiger partial charge in [0.15, 0.2) is 11.5 Å². The Labute approximate surface area is 112 Å². The molecule has 5 nitrogen and oxygen atoms in total. The highest BCUT2D eigenvalue weighted by Gasteiger charge is 2.15. The van der Waals surface area contributed by atoms with E-state index in [9.17, 15) is 4.79 Å². The Kier molecular flexibility index (Phi) is 5.68. The molecule has 19 heavy (non-hydrogen) atoms. The summed E-state index contributed by atoms with van der Waals surface area (Å²) < 4.78 is 15.6. The van der Waals surface area contributed by atoms with Crippen LogP contribution in [0.4, 0.5) is 0 Å². The van der Waals surface area contributed by atoms with Gasteiger partial charge in [0, 0.05) is 6.07 Å². The molecule has 0 fully saturated rings. The standard InChI is InChI=1S/C14H17NO4/c1-4-18-13-7-11(8-15)5-6-12(13)19-9-10(2)14(16)17-3/h5-7,10H,4,9H2,1-3H3. The molecule has 1 aromatic carbocycles. The van der Waals surface area contributed by atoms with Crippen molar-refractivity contribution in [3.05, 3.63) is 23.8 Å². The van der Waals surface area contributed by atoms with Crippen LogP contribution < -0.4 is 9.47 Å². The molecule has 0 aromatic heterocycles. The predicted octanol–water partition coefficient (Wildman–Crippen LogP) is 2.14. The Hall–Kier alpha value is -2.22. The van der Waals surface area contributed by atoms with E-state index in [1.807, 2.05) is 13.0 Å². The zero-order chi connectivity index (χ0) is 14.3. The number of nitriles is 1. The van der Waals surface area contributed by atoms with Gasteiger partial charge in [0.2, 0.25) is 0 Å². The van der Waals surface area contributed by atoms with Gasteiger partial charge in [-0.1, -0.05) is 0 Å². The fraction of sp³-hybridized carbons (Fsp3) is 0.429. The minimum absolute atomic E-state index is 0.193. The van der Waals surface area contributed by atoms with Crippen LogP contribution in [0.15, 0.2) is 18.2 Å². The number of esters is 1. The van der Waals surface area contributed by atoms with Gasteiger partial charge in [-0.25, -0.2) is 0 Å². The quantitative estimate of drug-likeness (QED) is 0.735. The van der Waals surface area contributed by atoms with Crippen molar-refractivity contribution in [1.82, 2.24) is 0 Å². The van der Waals surface area contributed by atoms with Crippen molar-refractivity contribution in [3.8, 4) is 17.6 Å². The molecule has 0 radical (unpaired) electrons. The van der Waals surface area contributed by atoms with Gasteiger partial charge in [-0.05, 0) is 26.0 Å². The second-order valence-electron chi connectivity index (χ2n) is 3.94. The monoisotopic (exact) mass is 263 g/mol. The zero-order valence-electron chi connectivity index (χ0n) is 11.3. The van der Waals surface area contributed by atoms with Gasteiger partial charge >= 0.3 is 5.97 Å². The lowest BCUT2D eigenvalue weighted by atomic mass is 10.2. The highest BCUT2D eigenvalue weighted by atomic mass is 16.5. The molecule has 1 atom stereocenters. The number of carbonyl (C=O) groups is 1. The second kappa shape index (κ2) is 7.27. The van der Waals surface area contributed by atoms with Crippen molar-refractivity contribution < 1.29 is 19.0 Å². The van der Waals surface area contributed by atoms with Crippen molar-refractivity contribution in [2.45, 2.75) is 13.8 Å². The normalized spacial score (nSPS) is 11.3. The topological polar surface area (TPSA) is 68.5 Å². The Morgan fingerprint density at radius 2 is 2.11 bits per heavy atom. The summed E-state index contributed by atoms with van der Waals surface area (Å²) in [5.74, 6) is 0.317. The van der Waals surface area contributed by atoms with Crippen LogP contribution >= 0.6 is 0 Å². The fourth-order valence-electron chi connectivity index (χ4n) is 1.45. The molecule has 0 aliphatic heterocycles. The van der Waals surface area contributed by atoms with E-state index < -0.39 is 0 Å². The lowest BCUT2D eigenvalue weighted by Gasteiger charge is -2.14. The van der Waals surface area contributed by atoms with Crippen LogP contribution in [0.25, 0.3) is 0 Å². The molecule has 0 amide bonds. The Morgan fingerprint density at radius 1 is 1.37 bits per heavy atom. The summed E-state index contributed by atoms with van der Waals surface area (Å²) in [6, 6.07) is 6.95. The van der Waals surface area contributed by atoms with Gasteiger partial charge in [-0.3, -0.25) is 4.79 Å². The first kappa shape index (κ1) is 14.8. The van der Waals surface area contributed by atoms with E-state index >= 15 is 0 Å². The van der Waals surface area contributed by atoms with Crippen LogP contribution in [0.1, 0.15) is 19.4 Å². The Bertz CT molecular complexity index is 479. The molecule has 0 saturated heterocycles. The summed E-state index contributed by atoms with van der Waals surface area (Å²) in [5.41, 5.74) is 0.497. The SMILES string of the molecule is CCOc1cc(C#N)ccc1OCC(C)C(=O)OC. The van der Waals surface area contributed by atoms with E-state index in [0.29, 0.717) is 23.7 Å². The molecule has 1 aromatic rings. The van der Waals surface area contributed by atoms with Crippen LogP contribution in [0.3, 0.4) is 0 Å². The Balaban J connectivity index is 2.77. The number of nitrogens with zero attached hydrogens (tertiary/aromatic N) is 1. The molecule has 5 heteroatoms. The van der Waals surface area contributed by atoms with Crippen LogP contribution in [0.2, 0.25) is 0 Å². The second-order valence-corrected chi connectivity index (χ2v) is 3.94. The summed E-state index contributed by atoms with van der Waals surface area (Å²) in [6.45, 7) is 4.23. The number of benzene rings is 1. The summed E-state index contributed by atoms with van der Waals surface area (Å²) in [5, 5.41) is 8.84. The molecule has 0 spiro atoms. The molecule has 0 bridgehead atoms. The number of hydrogen-bond acceptors (Lipinski definition) is 5. The van der Waals surface area contributed by atoms with Gasteiger partial charge in [-0.2, -0.15) is 5.26 Å². The van der Waals surface area contributed by atoms with Gasteiger partial charge in [0.25, 0.3) is 0 Å². The lowest BCUT2D eigenvalue weighted by Crippen LogP contribution is -2.20. The first-order valence-corrected chi connectivity index (χ1v) is 6.00. The molecule has 0 aliphatic carbocycles. The first-order chi connectivity index (χ1) is 9.12.